The molecule has 0 amide bonds. The van der Waals surface area contributed by atoms with Crippen LogP contribution in [0, 0.1) is 5.92 Å². The molecule has 3 aromatic heterocycles. The van der Waals surface area contributed by atoms with Gasteiger partial charge in [0.05, 0.1) is 22.4 Å². The standard InChI is InChI=1S/C22H30N4OS/c1-6-7-8-23-20-19-18(24-12-25-20)17-14-10-22(4,5)27-11-15(14)16(9-13(2)3)26-21(17)28-19/h12-13H,6-11H2,1-5H3,(H,23,24,25). The quantitative estimate of drug-likeness (QED) is 0.556. The molecule has 3 aromatic rings. The molecule has 0 spiro atoms. The van der Waals surface area contributed by atoms with Crippen LogP contribution in [0.25, 0.3) is 20.4 Å². The van der Waals surface area contributed by atoms with Gasteiger partial charge in [-0.2, -0.15) is 0 Å². The molecule has 1 aliphatic rings. The van der Waals surface area contributed by atoms with Gasteiger partial charge in [0.2, 0.25) is 0 Å². The number of thiophene rings is 1. The Hall–Kier alpha value is -1.79. The van der Waals surface area contributed by atoms with E-state index in [1.807, 2.05) is 0 Å². The van der Waals surface area contributed by atoms with Crippen molar-refractivity contribution >= 4 is 37.6 Å². The van der Waals surface area contributed by atoms with Crippen LogP contribution in [0.2, 0.25) is 0 Å². The van der Waals surface area contributed by atoms with Crippen molar-refractivity contribution in [1.29, 1.82) is 0 Å². The summed E-state index contributed by atoms with van der Waals surface area (Å²) in [4.78, 5) is 15.4. The molecule has 4 rings (SSSR count). The first-order chi connectivity index (χ1) is 13.4. The molecular weight excluding hydrogens is 368 g/mol. The highest BCUT2D eigenvalue weighted by atomic mass is 32.1. The molecule has 0 unspecified atom stereocenters. The summed E-state index contributed by atoms with van der Waals surface area (Å²) in [6.45, 7) is 12.6. The van der Waals surface area contributed by atoms with Crippen molar-refractivity contribution < 1.29 is 4.74 Å². The first-order valence-corrected chi connectivity index (χ1v) is 11.2. The Morgan fingerprint density at radius 1 is 1.25 bits per heavy atom. The fourth-order valence-corrected chi connectivity index (χ4v) is 5.08. The first kappa shape index (κ1) is 19.5. The summed E-state index contributed by atoms with van der Waals surface area (Å²) in [5, 5.41) is 4.71. The third kappa shape index (κ3) is 3.60. The fourth-order valence-electron chi connectivity index (χ4n) is 3.94. The second kappa shape index (κ2) is 7.56. The molecular formula is C22H30N4OS. The predicted octanol–water partition coefficient (Wildman–Crippen LogP) is 5.50. The second-order valence-electron chi connectivity index (χ2n) is 8.80. The lowest BCUT2D eigenvalue weighted by Gasteiger charge is -2.33. The number of nitrogens with one attached hydrogen (secondary N) is 1. The minimum Gasteiger partial charge on any atom is -0.370 e. The van der Waals surface area contributed by atoms with E-state index in [0.29, 0.717) is 12.5 Å². The third-order valence-electron chi connectivity index (χ3n) is 5.34. The van der Waals surface area contributed by atoms with Crippen molar-refractivity contribution in [2.24, 2.45) is 5.92 Å². The van der Waals surface area contributed by atoms with Gasteiger partial charge in [-0.3, -0.25) is 0 Å². The average Bonchev–Trinajstić information content (AvgIpc) is 3.00. The van der Waals surface area contributed by atoms with Crippen LogP contribution in [0.4, 0.5) is 5.82 Å². The van der Waals surface area contributed by atoms with E-state index >= 15 is 0 Å². The summed E-state index contributed by atoms with van der Waals surface area (Å²) in [6, 6.07) is 0. The summed E-state index contributed by atoms with van der Waals surface area (Å²) < 4.78 is 7.28. The predicted molar refractivity (Wildman–Crippen MR) is 117 cm³/mol. The number of rotatable bonds is 6. The van der Waals surface area contributed by atoms with Crippen LogP contribution in [-0.2, 0) is 24.2 Å². The minimum atomic E-state index is -0.167. The number of fused-ring (bicyclic) bond motifs is 5. The summed E-state index contributed by atoms with van der Waals surface area (Å²) in [6.07, 6.45) is 5.84. The lowest BCUT2D eigenvalue weighted by Crippen LogP contribution is -2.33. The Morgan fingerprint density at radius 2 is 2.07 bits per heavy atom. The van der Waals surface area contributed by atoms with Crippen molar-refractivity contribution in [3.8, 4) is 0 Å². The second-order valence-corrected chi connectivity index (χ2v) is 9.80. The SMILES string of the molecule is CCCCNc1ncnc2c1sc1nc(CC(C)C)c3c(c12)CC(C)(C)OC3. The third-order valence-corrected chi connectivity index (χ3v) is 6.42. The van der Waals surface area contributed by atoms with Crippen molar-refractivity contribution in [1.82, 2.24) is 15.0 Å². The molecule has 150 valence electrons. The largest absolute Gasteiger partial charge is 0.370 e. The Morgan fingerprint density at radius 3 is 2.82 bits per heavy atom. The molecule has 4 heterocycles. The van der Waals surface area contributed by atoms with Crippen LogP contribution in [-0.4, -0.2) is 27.1 Å². The fraction of sp³-hybridized carbons (Fsp3) is 0.591. The van der Waals surface area contributed by atoms with E-state index in [4.69, 9.17) is 9.72 Å². The van der Waals surface area contributed by atoms with E-state index in [1.165, 1.54) is 22.2 Å². The van der Waals surface area contributed by atoms with Crippen LogP contribution >= 0.6 is 11.3 Å². The monoisotopic (exact) mass is 398 g/mol. The molecule has 0 radical (unpaired) electrons. The zero-order chi connectivity index (χ0) is 19.9. The molecule has 5 nitrogen and oxygen atoms in total. The number of hydrogen-bond donors (Lipinski definition) is 1. The van der Waals surface area contributed by atoms with E-state index in [0.717, 1.165) is 53.1 Å². The number of aromatic nitrogens is 3. The van der Waals surface area contributed by atoms with E-state index in [2.05, 4.69) is 49.9 Å². The number of hydrogen-bond acceptors (Lipinski definition) is 6. The van der Waals surface area contributed by atoms with Gasteiger partial charge in [0.15, 0.2) is 0 Å². The molecule has 0 saturated heterocycles. The Bertz CT molecular complexity index is 1010. The normalized spacial score (nSPS) is 16.1. The average molecular weight is 399 g/mol. The van der Waals surface area contributed by atoms with Gasteiger partial charge >= 0.3 is 0 Å². The summed E-state index contributed by atoms with van der Waals surface area (Å²) in [5.74, 6) is 1.50. The maximum absolute atomic E-state index is 6.16. The highest BCUT2D eigenvalue weighted by molar-refractivity contribution is 7.26. The zero-order valence-corrected chi connectivity index (χ0v) is 18.4. The van der Waals surface area contributed by atoms with Gasteiger partial charge in [0.25, 0.3) is 0 Å². The number of nitrogens with zero attached hydrogens (tertiary/aromatic N) is 3. The molecule has 0 aliphatic carbocycles. The van der Waals surface area contributed by atoms with Crippen molar-refractivity contribution in [2.75, 3.05) is 11.9 Å². The maximum Gasteiger partial charge on any atom is 0.147 e. The summed E-state index contributed by atoms with van der Waals surface area (Å²) >= 11 is 1.72. The van der Waals surface area contributed by atoms with Crippen LogP contribution < -0.4 is 5.32 Å². The molecule has 0 atom stereocenters. The zero-order valence-electron chi connectivity index (χ0n) is 17.6. The van der Waals surface area contributed by atoms with Gasteiger partial charge in [-0.15, -0.1) is 11.3 Å². The molecule has 6 heteroatoms. The van der Waals surface area contributed by atoms with Crippen LogP contribution in [0.3, 0.4) is 0 Å². The van der Waals surface area contributed by atoms with Gasteiger partial charge in [0, 0.05) is 29.6 Å². The van der Waals surface area contributed by atoms with Crippen molar-refractivity contribution in [2.45, 2.75) is 72.5 Å². The van der Waals surface area contributed by atoms with Crippen LogP contribution in [0.5, 0.6) is 0 Å². The molecule has 28 heavy (non-hydrogen) atoms. The van der Waals surface area contributed by atoms with Gasteiger partial charge < -0.3 is 10.1 Å². The number of pyridine rings is 1. The van der Waals surface area contributed by atoms with Crippen molar-refractivity contribution in [3.05, 3.63) is 23.1 Å². The lowest BCUT2D eigenvalue weighted by molar-refractivity contribution is -0.0402. The topological polar surface area (TPSA) is 59.9 Å². The van der Waals surface area contributed by atoms with Gasteiger partial charge in [-0.1, -0.05) is 27.2 Å². The van der Waals surface area contributed by atoms with Gasteiger partial charge in [0.1, 0.15) is 17.0 Å². The highest BCUT2D eigenvalue weighted by Crippen LogP contribution is 2.42. The van der Waals surface area contributed by atoms with Gasteiger partial charge in [-0.05, 0) is 38.2 Å². The Labute approximate surface area is 170 Å². The van der Waals surface area contributed by atoms with Gasteiger partial charge in [-0.25, -0.2) is 15.0 Å². The van der Waals surface area contributed by atoms with Crippen LogP contribution in [0.1, 0.15) is 64.3 Å². The maximum atomic E-state index is 6.16. The first-order valence-electron chi connectivity index (χ1n) is 10.3. The summed E-state index contributed by atoms with van der Waals surface area (Å²) in [7, 11) is 0. The molecule has 0 saturated carbocycles. The Kier molecular flexibility index (Phi) is 5.27. The van der Waals surface area contributed by atoms with E-state index in [9.17, 15) is 0 Å². The number of anilines is 1. The van der Waals surface area contributed by atoms with E-state index in [-0.39, 0.29) is 5.60 Å². The number of unbranched alkanes of at least 4 members (excludes halogenated alkanes) is 1. The molecule has 1 N–H and O–H groups in total. The molecule has 1 aliphatic heterocycles. The number of ether oxygens (including phenoxy) is 1. The van der Waals surface area contributed by atoms with Crippen molar-refractivity contribution in [3.63, 3.8) is 0 Å². The molecule has 0 fully saturated rings. The van der Waals surface area contributed by atoms with Crippen LogP contribution in [0.15, 0.2) is 6.33 Å². The summed E-state index contributed by atoms with van der Waals surface area (Å²) in [5.41, 5.74) is 4.71. The Balaban J connectivity index is 1.93. The van der Waals surface area contributed by atoms with E-state index < -0.39 is 0 Å². The van der Waals surface area contributed by atoms with E-state index in [1.54, 1.807) is 17.7 Å². The molecule has 0 aromatic carbocycles. The lowest BCUT2D eigenvalue weighted by atomic mass is 9.88. The minimum absolute atomic E-state index is 0.167. The smallest absolute Gasteiger partial charge is 0.147 e. The highest BCUT2D eigenvalue weighted by Gasteiger charge is 2.31. The molecule has 0 bridgehead atoms.